The van der Waals surface area contributed by atoms with Crippen molar-refractivity contribution in [2.45, 2.75) is 19.0 Å². The third kappa shape index (κ3) is 2.91. The van der Waals surface area contributed by atoms with Gasteiger partial charge < -0.3 is 9.90 Å². The first-order chi connectivity index (χ1) is 13.7. The van der Waals surface area contributed by atoms with Crippen LogP contribution in [0.25, 0.3) is 16.2 Å². The number of benzene rings is 2. The van der Waals surface area contributed by atoms with E-state index in [4.69, 9.17) is 4.98 Å². The average molecular weight is 388 g/mol. The maximum atomic E-state index is 11.9. The van der Waals surface area contributed by atoms with E-state index in [1.807, 2.05) is 53.4 Å². The van der Waals surface area contributed by atoms with Gasteiger partial charge >= 0.3 is 0 Å². The van der Waals surface area contributed by atoms with Crippen LogP contribution in [0.3, 0.4) is 0 Å². The van der Waals surface area contributed by atoms with Gasteiger partial charge in [0.1, 0.15) is 0 Å². The minimum Gasteiger partial charge on any atom is -0.548 e. The molecule has 0 bridgehead atoms. The maximum Gasteiger partial charge on any atom is 0.194 e. The molecule has 5 rings (SSSR count). The van der Waals surface area contributed by atoms with E-state index < -0.39 is 12.0 Å². The van der Waals surface area contributed by atoms with Gasteiger partial charge in [-0.05, 0) is 5.56 Å². The Kier molecular flexibility index (Phi) is 4.22. The van der Waals surface area contributed by atoms with Crippen LogP contribution in [0.4, 0.5) is 0 Å². The molecule has 0 N–H and O–H groups in total. The summed E-state index contributed by atoms with van der Waals surface area (Å²) in [5.41, 5.74) is 4.06. The number of rotatable bonds is 4. The summed E-state index contributed by atoms with van der Waals surface area (Å²) in [6.45, 7) is 1.27. The molecule has 0 fully saturated rings. The molecule has 28 heavy (non-hydrogen) atoms. The van der Waals surface area contributed by atoms with Gasteiger partial charge in [-0.2, -0.15) is 0 Å². The summed E-state index contributed by atoms with van der Waals surface area (Å²) in [4.78, 5) is 20.8. The summed E-state index contributed by atoms with van der Waals surface area (Å²) in [5, 5.41) is 11.9. The zero-order valence-electron chi connectivity index (χ0n) is 15.1. The lowest BCUT2D eigenvalue weighted by molar-refractivity contribution is -0.312. The Bertz CT molecular complexity index is 1130. The number of fused-ring (bicyclic) bond motifs is 3. The van der Waals surface area contributed by atoms with Gasteiger partial charge in [0.25, 0.3) is 0 Å². The first-order valence-electron chi connectivity index (χ1n) is 9.25. The third-order valence-electron chi connectivity index (χ3n) is 5.26. The third-order valence-corrected chi connectivity index (χ3v) is 6.34. The van der Waals surface area contributed by atoms with Crippen molar-refractivity contribution in [2.75, 3.05) is 6.54 Å². The summed E-state index contributed by atoms with van der Waals surface area (Å²) < 4.78 is 2.16. The van der Waals surface area contributed by atoms with Crippen LogP contribution in [0.5, 0.6) is 0 Å². The number of nitrogens with zero attached hydrogens (tertiary/aromatic N) is 3. The number of carbonyl (C=O) groups is 1. The lowest BCUT2D eigenvalue weighted by atomic mass is 10.0. The van der Waals surface area contributed by atoms with E-state index in [-0.39, 0.29) is 0 Å². The maximum absolute atomic E-state index is 11.9. The van der Waals surface area contributed by atoms with Gasteiger partial charge in [-0.1, -0.05) is 72.0 Å². The highest BCUT2D eigenvalue weighted by atomic mass is 32.1. The van der Waals surface area contributed by atoms with Crippen LogP contribution in [0.15, 0.2) is 66.9 Å². The molecule has 0 aliphatic carbocycles. The molecule has 140 valence electrons. The zero-order valence-corrected chi connectivity index (χ0v) is 15.9. The number of aromatic nitrogens is 2. The van der Waals surface area contributed by atoms with Crippen molar-refractivity contribution >= 4 is 22.3 Å². The second-order valence-electron chi connectivity index (χ2n) is 6.97. The summed E-state index contributed by atoms with van der Waals surface area (Å²) in [6, 6.07) is 18.7. The van der Waals surface area contributed by atoms with Gasteiger partial charge in [0.2, 0.25) is 0 Å². The second kappa shape index (κ2) is 6.89. The lowest BCUT2D eigenvalue weighted by Crippen LogP contribution is -2.43. The van der Waals surface area contributed by atoms with Gasteiger partial charge in [-0.3, -0.25) is 9.30 Å². The molecule has 4 aromatic rings. The van der Waals surface area contributed by atoms with Crippen LogP contribution >= 0.6 is 11.3 Å². The molecule has 2 aromatic heterocycles. The predicted octanol–water partition coefficient (Wildman–Crippen LogP) is 2.91. The zero-order chi connectivity index (χ0) is 19.1. The largest absolute Gasteiger partial charge is 0.548 e. The van der Waals surface area contributed by atoms with Crippen LogP contribution in [0.2, 0.25) is 0 Å². The number of hydrogen-bond acceptors (Lipinski definition) is 5. The SMILES string of the molecule is O=C([O-])C(c1ccccc1)N1CCc2c(sc3nc(-c4ccccc4)cn23)C1. The molecule has 1 aliphatic heterocycles. The first-order valence-corrected chi connectivity index (χ1v) is 10.1. The molecule has 1 aliphatic rings. The predicted molar refractivity (Wildman–Crippen MR) is 107 cm³/mol. The number of aliphatic carboxylic acids is 1. The van der Waals surface area contributed by atoms with Crippen molar-refractivity contribution in [3.05, 3.63) is 83.0 Å². The fourth-order valence-corrected chi connectivity index (χ4v) is 5.10. The fourth-order valence-electron chi connectivity index (χ4n) is 3.93. The van der Waals surface area contributed by atoms with Crippen LogP contribution < -0.4 is 5.11 Å². The average Bonchev–Trinajstić information content (AvgIpc) is 3.27. The number of carboxylic acids is 1. The van der Waals surface area contributed by atoms with Gasteiger partial charge in [0.15, 0.2) is 4.96 Å². The molecule has 0 amide bonds. The molecule has 1 atom stereocenters. The molecule has 6 heteroatoms. The molecular weight excluding hydrogens is 370 g/mol. The number of hydrogen-bond donors (Lipinski definition) is 0. The molecule has 0 saturated heterocycles. The van der Waals surface area contributed by atoms with Crippen molar-refractivity contribution in [1.29, 1.82) is 0 Å². The van der Waals surface area contributed by atoms with E-state index in [1.54, 1.807) is 11.3 Å². The monoisotopic (exact) mass is 388 g/mol. The molecule has 0 spiro atoms. The number of thiazole rings is 1. The van der Waals surface area contributed by atoms with Gasteiger partial charge in [-0.15, -0.1) is 0 Å². The number of carbonyl (C=O) groups excluding carboxylic acids is 1. The standard InChI is InChI=1S/C22H19N3O2S/c26-21(27)20(16-9-5-2-6-10-16)24-12-11-18-19(14-24)28-22-23-17(13-25(18)22)15-7-3-1-4-8-15/h1-10,13,20H,11-12,14H2,(H,26,27)/p-1. The molecular formula is C22H18N3O2S-. The van der Waals surface area contributed by atoms with E-state index >= 15 is 0 Å². The van der Waals surface area contributed by atoms with Crippen LogP contribution in [-0.4, -0.2) is 26.8 Å². The highest BCUT2D eigenvalue weighted by molar-refractivity contribution is 7.17. The summed E-state index contributed by atoms with van der Waals surface area (Å²) in [5.74, 6) is -1.05. The Morgan fingerprint density at radius 3 is 2.50 bits per heavy atom. The molecule has 0 radical (unpaired) electrons. The van der Waals surface area contributed by atoms with Crippen molar-refractivity contribution in [2.24, 2.45) is 0 Å². The Balaban J connectivity index is 1.47. The Hall–Kier alpha value is -2.96. The van der Waals surface area contributed by atoms with Crippen molar-refractivity contribution in [1.82, 2.24) is 14.3 Å². The Labute approximate surface area is 166 Å². The number of imidazole rings is 1. The Morgan fingerprint density at radius 1 is 1.07 bits per heavy atom. The minimum atomic E-state index is -1.05. The molecule has 0 saturated carbocycles. The topological polar surface area (TPSA) is 60.7 Å². The van der Waals surface area contributed by atoms with Gasteiger partial charge in [0.05, 0.1) is 17.7 Å². The molecule has 2 aromatic carbocycles. The van der Waals surface area contributed by atoms with Crippen molar-refractivity contribution in [3.63, 3.8) is 0 Å². The van der Waals surface area contributed by atoms with Crippen LogP contribution in [-0.2, 0) is 17.8 Å². The van der Waals surface area contributed by atoms with E-state index in [2.05, 4.69) is 22.7 Å². The summed E-state index contributed by atoms with van der Waals surface area (Å²) in [6.07, 6.45) is 2.87. The summed E-state index contributed by atoms with van der Waals surface area (Å²) >= 11 is 1.64. The highest BCUT2D eigenvalue weighted by Crippen LogP contribution is 2.34. The Morgan fingerprint density at radius 2 is 1.79 bits per heavy atom. The van der Waals surface area contributed by atoms with E-state index in [1.165, 1.54) is 10.6 Å². The quantitative estimate of drug-likeness (QED) is 0.539. The lowest BCUT2D eigenvalue weighted by Gasteiger charge is -2.35. The molecule has 3 heterocycles. The van der Waals surface area contributed by atoms with Crippen LogP contribution in [0.1, 0.15) is 22.2 Å². The highest BCUT2D eigenvalue weighted by Gasteiger charge is 2.28. The van der Waals surface area contributed by atoms with Crippen LogP contribution in [0, 0.1) is 0 Å². The smallest absolute Gasteiger partial charge is 0.194 e. The fraction of sp³-hybridized carbons (Fsp3) is 0.182. The normalized spacial score (nSPS) is 15.4. The van der Waals surface area contributed by atoms with E-state index in [9.17, 15) is 9.90 Å². The second-order valence-corrected chi connectivity index (χ2v) is 8.03. The van der Waals surface area contributed by atoms with Gasteiger partial charge in [0, 0.05) is 41.8 Å². The first kappa shape index (κ1) is 17.2. The van der Waals surface area contributed by atoms with Gasteiger partial charge in [-0.25, -0.2) is 4.98 Å². The van der Waals surface area contributed by atoms with Crippen molar-refractivity contribution in [3.8, 4) is 11.3 Å². The summed E-state index contributed by atoms with van der Waals surface area (Å²) in [7, 11) is 0. The van der Waals surface area contributed by atoms with E-state index in [0.29, 0.717) is 13.1 Å². The molecule has 1 unspecified atom stereocenters. The minimum absolute atomic E-state index is 0.595. The van der Waals surface area contributed by atoms with E-state index in [0.717, 1.165) is 28.2 Å². The molecule has 5 nitrogen and oxygen atoms in total. The van der Waals surface area contributed by atoms with Crippen molar-refractivity contribution < 1.29 is 9.90 Å². The number of carboxylic acid groups (broad SMARTS) is 1.